The number of thioether (sulfide) groups is 1. The minimum absolute atomic E-state index is 0.0104. The zero-order valence-corrected chi connectivity index (χ0v) is 12.8. The van der Waals surface area contributed by atoms with E-state index in [9.17, 15) is 4.79 Å². The number of hydrogen-bond acceptors (Lipinski definition) is 8. The lowest BCUT2D eigenvalue weighted by atomic mass is 10.6. The van der Waals surface area contributed by atoms with Crippen LogP contribution in [-0.2, 0) is 5.75 Å². The van der Waals surface area contributed by atoms with E-state index >= 15 is 0 Å². The first-order valence-electron chi connectivity index (χ1n) is 5.55. The summed E-state index contributed by atoms with van der Waals surface area (Å²) in [7, 11) is 0. The molecule has 108 valence electrons. The number of nitrogens with two attached hydrogens (primary N) is 2. The zero-order chi connectivity index (χ0) is 14.4. The number of aliphatic imine (C=N–C) groups is 1. The largest absolute Gasteiger partial charge is 0.370 e. The lowest BCUT2D eigenvalue weighted by Crippen LogP contribution is -2.21. The van der Waals surface area contributed by atoms with Crippen LogP contribution in [0.2, 0.25) is 0 Å². The Morgan fingerprint density at radius 2 is 2.40 bits per heavy atom. The van der Waals surface area contributed by atoms with Crippen LogP contribution in [0.4, 0.5) is 10.9 Å². The molecule has 20 heavy (non-hydrogen) atoms. The van der Waals surface area contributed by atoms with E-state index in [-0.39, 0.29) is 11.5 Å². The standard InChI is InChI=1S/C9H13N7OS3/c10-8(11)14-9-13-5(4-19-9)3-18-2-1-12-6-7(17)16-20-15-6/h4H,1-3H2,(H,12,15)(H,16,17)(H4,10,11,13,14). The molecule has 0 spiro atoms. The van der Waals surface area contributed by atoms with Gasteiger partial charge in [-0.05, 0) is 0 Å². The molecule has 0 aromatic carbocycles. The Balaban J connectivity index is 1.68. The van der Waals surface area contributed by atoms with Crippen LogP contribution in [0.15, 0.2) is 15.2 Å². The third-order valence-electron chi connectivity index (χ3n) is 2.04. The fourth-order valence-corrected chi connectivity index (χ4v) is 3.28. The second-order valence-electron chi connectivity index (χ2n) is 3.60. The number of thiazole rings is 1. The maximum Gasteiger partial charge on any atom is 0.302 e. The lowest BCUT2D eigenvalue weighted by molar-refractivity contribution is 1.17. The van der Waals surface area contributed by atoms with E-state index in [0.717, 1.165) is 28.9 Å². The van der Waals surface area contributed by atoms with Crippen LogP contribution in [0.5, 0.6) is 0 Å². The maximum absolute atomic E-state index is 11.2. The molecule has 0 aliphatic rings. The Hall–Kier alpha value is -1.59. The summed E-state index contributed by atoms with van der Waals surface area (Å²) in [5.41, 5.74) is 11.3. The van der Waals surface area contributed by atoms with Gasteiger partial charge in [-0.2, -0.15) is 21.1 Å². The molecule has 6 N–H and O–H groups in total. The summed E-state index contributed by atoms with van der Waals surface area (Å²) in [6.07, 6.45) is 0. The van der Waals surface area contributed by atoms with Gasteiger partial charge in [-0.15, -0.1) is 11.3 Å². The van der Waals surface area contributed by atoms with Crippen LogP contribution in [0, 0.1) is 0 Å². The molecule has 2 aromatic rings. The van der Waals surface area contributed by atoms with Gasteiger partial charge in [-0.3, -0.25) is 9.17 Å². The molecule has 0 unspecified atom stereocenters. The van der Waals surface area contributed by atoms with Crippen molar-refractivity contribution in [2.45, 2.75) is 5.75 Å². The van der Waals surface area contributed by atoms with Gasteiger partial charge in [0, 0.05) is 35.2 Å². The molecule has 0 amide bonds. The molecule has 0 radical (unpaired) electrons. The smallest absolute Gasteiger partial charge is 0.302 e. The Morgan fingerprint density at radius 1 is 1.55 bits per heavy atom. The van der Waals surface area contributed by atoms with Crippen molar-refractivity contribution >= 4 is 51.7 Å². The number of aromatic amines is 1. The van der Waals surface area contributed by atoms with E-state index in [1.54, 1.807) is 11.8 Å². The van der Waals surface area contributed by atoms with E-state index < -0.39 is 0 Å². The first kappa shape index (κ1) is 14.8. The molecule has 11 heteroatoms. The van der Waals surface area contributed by atoms with Crippen molar-refractivity contribution in [3.8, 4) is 0 Å². The summed E-state index contributed by atoms with van der Waals surface area (Å²) in [5, 5.41) is 5.46. The Labute approximate surface area is 127 Å². The van der Waals surface area contributed by atoms with Gasteiger partial charge in [0.15, 0.2) is 5.96 Å². The van der Waals surface area contributed by atoms with Gasteiger partial charge in [0.05, 0.1) is 5.69 Å². The average Bonchev–Trinajstić information content (AvgIpc) is 2.98. The molecule has 0 bridgehead atoms. The molecule has 0 saturated carbocycles. The molecule has 2 rings (SSSR count). The third-order valence-corrected chi connectivity index (χ3v) is 4.37. The highest BCUT2D eigenvalue weighted by atomic mass is 32.2. The van der Waals surface area contributed by atoms with Gasteiger partial charge < -0.3 is 16.8 Å². The molecule has 8 nitrogen and oxygen atoms in total. The van der Waals surface area contributed by atoms with Crippen molar-refractivity contribution in [3.63, 3.8) is 0 Å². The number of nitrogens with zero attached hydrogens (tertiary/aromatic N) is 3. The Kier molecular flexibility index (Phi) is 5.38. The molecule has 2 aromatic heterocycles. The lowest BCUT2D eigenvalue weighted by Gasteiger charge is -2.00. The van der Waals surface area contributed by atoms with E-state index in [1.165, 1.54) is 11.3 Å². The zero-order valence-electron chi connectivity index (χ0n) is 10.3. The van der Waals surface area contributed by atoms with Crippen molar-refractivity contribution in [2.24, 2.45) is 16.5 Å². The summed E-state index contributed by atoms with van der Waals surface area (Å²) in [4.78, 5) is 19.3. The van der Waals surface area contributed by atoms with Crippen LogP contribution in [0.25, 0.3) is 0 Å². The van der Waals surface area contributed by atoms with Crippen molar-refractivity contribution < 1.29 is 0 Å². The number of H-pyrrole nitrogens is 1. The molecular formula is C9H13N7OS3. The minimum atomic E-state index is -0.179. The van der Waals surface area contributed by atoms with Crippen LogP contribution in [0.1, 0.15) is 5.69 Å². The van der Waals surface area contributed by atoms with Crippen LogP contribution >= 0.6 is 34.8 Å². The average molecular weight is 331 g/mol. The van der Waals surface area contributed by atoms with Gasteiger partial charge in [-0.25, -0.2) is 4.98 Å². The first-order valence-corrected chi connectivity index (χ1v) is 8.36. The summed E-state index contributed by atoms with van der Waals surface area (Å²) >= 11 is 4.14. The molecule has 0 aliphatic carbocycles. The minimum Gasteiger partial charge on any atom is -0.370 e. The predicted molar refractivity (Wildman–Crippen MR) is 85.0 cm³/mol. The molecule has 2 heterocycles. The summed E-state index contributed by atoms with van der Waals surface area (Å²) in [6, 6.07) is 0. The number of hydrogen-bond donors (Lipinski definition) is 4. The van der Waals surface area contributed by atoms with Gasteiger partial charge in [0.1, 0.15) is 0 Å². The van der Waals surface area contributed by atoms with E-state index in [4.69, 9.17) is 11.5 Å². The molecule has 0 fully saturated rings. The maximum atomic E-state index is 11.2. The SMILES string of the molecule is NC(N)=Nc1nc(CSCCNc2ns[nH]c2=O)cs1. The highest BCUT2D eigenvalue weighted by molar-refractivity contribution is 7.98. The van der Waals surface area contributed by atoms with E-state index in [2.05, 4.69) is 24.0 Å². The first-order chi connectivity index (χ1) is 9.65. The van der Waals surface area contributed by atoms with Gasteiger partial charge in [0.2, 0.25) is 10.9 Å². The fourth-order valence-electron chi connectivity index (χ4n) is 1.25. The molecule has 0 atom stereocenters. The Morgan fingerprint density at radius 3 is 3.10 bits per heavy atom. The highest BCUT2D eigenvalue weighted by Gasteiger charge is 2.03. The predicted octanol–water partition coefficient (Wildman–Crippen LogP) is 0.538. The number of aromatic nitrogens is 3. The summed E-state index contributed by atoms with van der Waals surface area (Å²) in [6.45, 7) is 0.669. The van der Waals surface area contributed by atoms with Crippen molar-refractivity contribution in [2.75, 3.05) is 17.6 Å². The summed E-state index contributed by atoms with van der Waals surface area (Å²) in [5.74, 6) is 1.99. The molecule has 0 aliphatic heterocycles. The van der Waals surface area contributed by atoms with E-state index in [1.807, 2.05) is 5.38 Å². The second-order valence-corrected chi connectivity index (χ2v) is 6.11. The number of anilines is 1. The molecular weight excluding hydrogens is 318 g/mol. The Bertz CT molecular complexity index is 627. The topological polar surface area (TPSA) is 135 Å². The number of rotatable bonds is 7. The van der Waals surface area contributed by atoms with Crippen LogP contribution in [-0.4, -0.2) is 32.0 Å². The van der Waals surface area contributed by atoms with Crippen molar-refractivity contribution in [1.29, 1.82) is 0 Å². The number of nitrogens with one attached hydrogen (secondary N) is 2. The van der Waals surface area contributed by atoms with Crippen molar-refractivity contribution in [3.05, 3.63) is 21.4 Å². The third kappa shape index (κ3) is 4.51. The second kappa shape index (κ2) is 7.26. The van der Waals surface area contributed by atoms with Gasteiger partial charge in [0.25, 0.3) is 0 Å². The van der Waals surface area contributed by atoms with Crippen LogP contribution in [0.3, 0.4) is 0 Å². The van der Waals surface area contributed by atoms with E-state index in [0.29, 0.717) is 17.5 Å². The monoisotopic (exact) mass is 331 g/mol. The highest BCUT2D eigenvalue weighted by Crippen LogP contribution is 2.21. The van der Waals surface area contributed by atoms with Gasteiger partial charge >= 0.3 is 5.56 Å². The van der Waals surface area contributed by atoms with Gasteiger partial charge in [-0.1, -0.05) is 0 Å². The normalized spacial score (nSPS) is 10.4. The molecule has 0 saturated heterocycles. The van der Waals surface area contributed by atoms with Crippen molar-refractivity contribution in [1.82, 2.24) is 13.7 Å². The van der Waals surface area contributed by atoms with Crippen LogP contribution < -0.4 is 22.3 Å². The number of guanidine groups is 1. The quantitative estimate of drug-likeness (QED) is 0.330. The fraction of sp³-hybridized carbons (Fsp3) is 0.333. The summed E-state index contributed by atoms with van der Waals surface area (Å²) < 4.78 is 6.42.